The summed E-state index contributed by atoms with van der Waals surface area (Å²) < 4.78 is 287. The molecule has 0 radical (unpaired) electrons. The maximum atomic E-state index is 15.0. The normalized spacial score (nSPS) is 20.0. The molecule has 0 atom stereocenters. The van der Waals surface area contributed by atoms with Gasteiger partial charge >= 0.3 is 59.5 Å². The molecular formula is C19H16BrF21. The van der Waals surface area contributed by atoms with Crippen LogP contribution in [0.15, 0.2) is 0 Å². The highest BCUT2D eigenvalue weighted by molar-refractivity contribution is 9.09. The summed E-state index contributed by atoms with van der Waals surface area (Å²) in [6.07, 6.45) is -11.1. The van der Waals surface area contributed by atoms with Gasteiger partial charge in [0.15, 0.2) is 0 Å². The molecule has 0 aromatic heterocycles. The Hall–Kier alpha value is -0.990. The zero-order chi connectivity index (χ0) is 33.2. The lowest BCUT2D eigenvalue weighted by atomic mass is 9.69. The Morgan fingerprint density at radius 1 is 0.366 bits per heavy atom. The summed E-state index contributed by atoms with van der Waals surface area (Å²) in [6.45, 7) is 0. The van der Waals surface area contributed by atoms with Crippen LogP contribution in [0.25, 0.3) is 0 Å². The quantitative estimate of drug-likeness (QED) is 0.156. The second kappa shape index (κ2) is 10.6. The summed E-state index contributed by atoms with van der Waals surface area (Å²) >= 11 is 2.27. The molecule has 0 nitrogen and oxygen atoms in total. The minimum Gasteiger partial charge on any atom is -0.199 e. The van der Waals surface area contributed by atoms with Gasteiger partial charge in [-0.2, -0.15) is 92.2 Å². The SMILES string of the molecule is FC(F)(F)C(F)(F)C(F)(F)C(F)(F)C(F)(F)C(F)(F)C(F)(F)C(F)(F)C(F)(F)C(F)(F)C1(CBr)CCCCCCC1. The predicted molar refractivity (Wildman–Crippen MR) is 99.1 cm³/mol. The van der Waals surface area contributed by atoms with Gasteiger partial charge in [-0.15, -0.1) is 0 Å². The fourth-order valence-corrected chi connectivity index (χ4v) is 4.92. The molecule has 0 N–H and O–H groups in total. The van der Waals surface area contributed by atoms with Crippen molar-refractivity contribution in [3.8, 4) is 0 Å². The molecule has 246 valence electrons. The van der Waals surface area contributed by atoms with E-state index in [-0.39, 0.29) is 19.3 Å². The van der Waals surface area contributed by atoms with Gasteiger partial charge in [-0.05, 0) is 12.8 Å². The number of halogens is 22. The largest absolute Gasteiger partial charge is 0.460 e. The molecule has 0 unspecified atom stereocenters. The highest BCUT2D eigenvalue weighted by atomic mass is 79.9. The van der Waals surface area contributed by atoms with Crippen molar-refractivity contribution >= 4 is 15.9 Å². The van der Waals surface area contributed by atoms with Gasteiger partial charge < -0.3 is 0 Å². The second-order valence-electron chi connectivity index (χ2n) is 9.35. The van der Waals surface area contributed by atoms with Crippen LogP contribution in [-0.2, 0) is 0 Å². The van der Waals surface area contributed by atoms with Crippen LogP contribution in [-0.4, -0.2) is 64.8 Å². The molecule has 0 aromatic carbocycles. The van der Waals surface area contributed by atoms with Crippen LogP contribution in [0.1, 0.15) is 44.9 Å². The van der Waals surface area contributed by atoms with E-state index in [2.05, 4.69) is 15.9 Å². The Morgan fingerprint density at radius 2 is 0.610 bits per heavy atom. The lowest BCUT2D eigenvalue weighted by molar-refractivity contribution is -0.476. The molecular weight excluding hydrogens is 707 g/mol. The van der Waals surface area contributed by atoms with Crippen molar-refractivity contribution in [2.45, 2.75) is 104 Å². The van der Waals surface area contributed by atoms with Gasteiger partial charge in [-0.1, -0.05) is 48.0 Å². The Bertz CT molecular complexity index is 910. The summed E-state index contributed by atoms with van der Waals surface area (Å²) in [5.74, 6) is -76.6. The van der Waals surface area contributed by atoms with Crippen molar-refractivity contribution in [3.63, 3.8) is 0 Å². The molecule has 0 heterocycles. The van der Waals surface area contributed by atoms with E-state index in [9.17, 15) is 92.2 Å². The Labute approximate surface area is 224 Å². The van der Waals surface area contributed by atoms with Crippen LogP contribution in [0.5, 0.6) is 0 Å². The first-order valence-corrected chi connectivity index (χ1v) is 11.9. The summed E-state index contributed by atoms with van der Waals surface area (Å²) in [4.78, 5) is 0. The molecule has 0 bridgehead atoms. The fourth-order valence-electron chi connectivity index (χ4n) is 4.00. The first-order chi connectivity index (χ1) is 17.8. The molecule has 1 aliphatic rings. The minimum absolute atomic E-state index is 0.0287. The summed E-state index contributed by atoms with van der Waals surface area (Å²) in [5.41, 5.74) is -3.50. The second-order valence-corrected chi connectivity index (χ2v) is 9.91. The lowest BCUT2D eigenvalue weighted by Crippen LogP contribution is -2.77. The number of hydrogen-bond acceptors (Lipinski definition) is 0. The van der Waals surface area contributed by atoms with Crippen molar-refractivity contribution in [2.24, 2.45) is 5.41 Å². The van der Waals surface area contributed by atoms with Crippen molar-refractivity contribution in [2.75, 3.05) is 5.33 Å². The van der Waals surface area contributed by atoms with E-state index >= 15 is 0 Å². The molecule has 1 rings (SSSR count). The standard InChI is InChI=1S/C19H16BrF21/c20-8-9(6-4-2-1-3-5-7-9)10(21,22)11(23,24)12(25,26)13(27,28)14(29,30)15(31,32)16(33,34)17(35,36)18(37,38)19(39,40)41/h1-8H2. The highest BCUT2D eigenvalue weighted by Gasteiger charge is 2.98. The lowest BCUT2D eigenvalue weighted by Gasteiger charge is -2.48. The van der Waals surface area contributed by atoms with E-state index in [1.165, 1.54) is 0 Å². The molecule has 0 amide bonds. The van der Waals surface area contributed by atoms with Gasteiger partial charge in [-0.3, -0.25) is 0 Å². The number of alkyl halides is 22. The smallest absolute Gasteiger partial charge is 0.199 e. The molecule has 41 heavy (non-hydrogen) atoms. The van der Waals surface area contributed by atoms with Gasteiger partial charge in [0.25, 0.3) is 0 Å². The first-order valence-electron chi connectivity index (χ1n) is 10.8. The molecule has 0 aromatic rings. The highest BCUT2D eigenvalue weighted by Crippen LogP contribution is 2.68. The van der Waals surface area contributed by atoms with Crippen LogP contribution >= 0.6 is 15.9 Å². The average Bonchev–Trinajstić information content (AvgIpc) is 2.77. The van der Waals surface area contributed by atoms with Gasteiger partial charge in [0.05, 0.1) is 5.41 Å². The average molecular weight is 723 g/mol. The van der Waals surface area contributed by atoms with Crippen LogP contribution in [0.4, 0.5) is 92.2 Å². The number of hydrogen-bond donors (Lipinski definition) is 0. The van der Waals surface area contributed by atoms with Crippen molar-refractivity contribution < 1.29 is 92.2 Å². The summed E-state index contributed by atoms with van der Waals surface area (Å²) in [7, 11) is 0. The molecule has 1 fully saturated rings. The Morgan fingerprint density at radius 3 is 0.878 bits per heavy atom. The molecule has 1 saturated carbocycles. The molecule has 0 saturated heterocycles. The van der Waals surface area contributed by atoms with Crippen LogP contribution in [0.3, 0.4) is 0 Å². The zero-order valence-electron chi connectivity index (χ0n) is 19.5. The van der Waals surface area contributed by atoms with Crippen molar-refractivity contribution in [3.05, 3.63) is 0 Å². The van der Waals surface area contributed by atoms with Gasteiger partial charge in [0.2, 0.25) is 0 Å². The topological polar surface area (TPSA) is 0 Å². The van der Waals surface area contributed by atoms with E-state index in [4.69, 9.17) is 0 Å². The van der Waals surface area contributed by atoms with Crippen molar-refractivity contribution in [1.29, 1.82) is 0 Å². The van der Waals surface area contributed by atoms with Crippen LogP contribution in [0.2, 0.25) is 0 Å². The molecule has 22 heteroatoms. The van der Waals surface area contributed by atoms with Crippen LogP contribution < -0.4 is 0 Å². The van der Waals surface area contributed by atoms with E-state index in [1.807, 2.05) is 0 Å². The van der Waals surface area contributed by atoms with Crippen molar-refractivity contribution in [1.82, 2.24) is 0 Å². The maximum absolute atomic E-state index is 15.0. The molecule has 0 aliphatic heterocycles. The third-order valence-corrected chi connectivity index (χ3v) is 7.82. The van der Waals surface area contributed by atoms with E-state index in [0.717, 1.165) is 0 Å². The zero-order valence-corrected chi connectivity index (χ0v) is 21.1. The van der Waals surface area contributed by atoms with E-state index in [1.54, 1.807) is 0 Å². The molecule has 1 aliphatic carbocycles. The minimum atomic E-state index is -9.15. The Balaban J connectivity index is 3.83. The maximum Gasteiger partial charge on any atom is 0.460 e. The van der Waals surface area contributed by atoms with E-state index in [0.29, 0.717) is 0 Å². The first kappa shape index (κ1) is 38.0. The number of rotatable bonds is 10. The van der Waals surface area contributed by atoms with Gasteiger partial charge in [-0.25, -0.2) is 0 Å². The summed E-state index contributed by atoms with van der Waals surface area (Å²) in [6, 6.07) is 0. The molecule has 0 spiro atoms. The van der Waals surface area contributed by atoms with Crippen LogP contribution in [0, 0.1) is 5.41 Å². The van der Waals surface area contributed by atoms with Gasteiger partial charge in [0, 0.05) is 5.33 Å². The Kier molecular flexibility index (Phi) is 9.81. The monoisotopic (exact) mass is 722 g/mol. The predicted octanol–water partition coefficient (Wildman–Crippen LogP) is 10.4. The van der Waals surface area contributed by atoms with E-state index < -0.39 is 95.9 Å². The van der Waals surface area contributed by atoms with Gasteiger partial charge in [0.1, 0.15) is 0 Å². The fraction of sp³-hybridized carbons (Fsp3) is 1.00. The third-order valence-electron chi connectivity index (χ3n) is 6.74. The summed E-state index contributed by atoms with van der Waals surface area (Å²) in [5, 5.41) is -1.44. The third kappa shape index (κ3) is 4.94.